The Hall–Kier alpha value is -2.81. The second kappa shape index (κ2) is 6.75. The molecule has 0 aliphatic rings. The summed E-state index contributed by atoms with van der Waals surface area (Å²) in [6, 6.07) is 19.5. The number of ether oxygens (including phenoxy) is 1. The number of fused-ring (bicyclic) bond motifs is 1. The number of aryl methyl sites for hydroxylation is 2. The lowest BCUT2D eigenvalue weighted by atomic mass is 9.97. The molecule has 24 heavy (non-hydrogen) atoms. The fourth-order valence-corrected chi connectivity index (χ4v) is 2.99. The molecule has 0 radical (unpaired) electrons. The molecular formula is C21H20O3. The van der Waals surface area contributed by atoms with Crippen molar-refractivity contribution in [2.75, 3.05) is 0 Å². The van der Waals surface area contributed by atoms with Crippen molar-refractivity contribution in [1.29, 1.82) is 0 Å². The van der Waals surface area contributed by atoms with Crippen molar-refractivity contribution in [3.63, 3.8) is 0 Å². The first-order valence-corrected chi connectivity index (χ1v) is 7.98. The average Bonchev–Trinajstić information content (AvgIpc) is 2.57. The van der Waals surface area contributed by atoms with E-state index < -0.39 is 12.1 Å². The molecular weight excluding hydrogens is 300 g/mol. The fourth-order valence-electron chi connectivity index (χ4n) is 2.99. The van der Waals surface area contributed by atoms with Crippen LogP contribution in [0.25, 0.3) is 10.8 Å². The molecule has 0 aromatic heterocycles. The van der Waals surface area contributed by atoms with E-state index in [9.17, 15) is 9.90 Å². The maximum atomic E-state index is 11.7. The van der Waals surface area contributed by atoms with Crippen LogP contribution in [-0.2, 0) is 11.2 Å². The first kappa shape index (κ1) is 16.1. The Morgan fingerprint density at radius 1 is 0.958 bits per heavy atom. The zero-order valence-corrected chi connectivity index (χ0v) is 13.8. The molecule has 3 rings (SSSR count). The SMILES string of the molecule is Cc1cccc(C)c1C[C@H](Oc1cccc2ccccc12)C(=O)O. The van der Waals surface area contributed by atoms with Crippen LogP contribution < -0.4 is 4.74 Å². The van der Waals surface area contributed by atoms with E-state index in [1.54, 1.807) is 0 Å². The Balaban J connectivity index is 1.93. The van der Waals surface area contributed by atoms with E-state index in [2.05, 4.69) is 0 Å². The molecule has 0 aliphatic heterocycles. The molecule has 0 aliphatic carbocycles. The summed E-state index contributed by atoms with van der Waals surface area (Å²) in [4.78, 5) is 11.7. The van der Waals surface area contributed by atoms with Crippen LogP contribution in [0.2, 0.25) is 0 Å². The zero-order valence-electron chi connectivity index (χ0n) is 13.8. The van der Waals surface area contributed by atoms with Gasteiger partial charge in [-0.25, -0.2) is 4.79 Å². The van der Waals surface area contributed by atoms with Crippen molar-refractivity contribution in [2.45, 2.75) is 26.4 Å². The lowest BCUT2D eigenvalue weighted by Crippen LogP contribution is -2.30. The van der Waals surface area contributed by atoms with Gasteiger partial charge in [-0.05, 0) is 42.0 Å². The van der Waals surface area contributed by atoms with Gasteiger partial charge in [0.15, 0.2) is 6.10 Å². The largest absolute Gasteiger partial charge is 0.478 e. The van der Waals surface area contributed by atoms with E-state index >= 15 is 0 Å². The maximum absolute atomic E-state index is 11.7. The van der Waals surface area contributed by atoms with Crippen LogP contribution in [0.5, 0.6) is 5.75 Å². The van der Waals surface area contributed by atoms with E-state index in [1.165, 1.54) is 0 Å². The minimum Gasteiger partial charge on any atom is -0.478 e. The molecule has 0 saturated heterocycles. The first-order valence-electron chi connectivity index (χ1n) is 7.98. The topological polar surface area (TPSA) is 46.5 Å². The van der Waals surface area contributed by atoms with Crippen molar-refractivity contribution in [3.8, 4) is 5.75 Å². The van der Waals surface area contributed by atoms with Crippen molar-refractivity contribution in [1.82, 2.24) is 0 Å². The summed E-state index contributed by atoms with van der Waals surface area (Å²) in [5, 5.41) is 11.6. The Morgan fingerprint density at radius 3 is 2.29 bits per heavy atom. The summed E-state index contributed by atoms with van der Waals surface area (Å²) in [5.41, 5.74) is 3.20. The Labute approximate surface area is 141 Å². The van der Waals surface area contributed by atoms with Crippen molar-refractivity contribution >= 4 is 16.7 Å². The van der Waals surface area contributed by atoms with Gasteiger partial charge in [0.25, 0.3) is 0 Å². The van der Waals surface area contributed by atoms with Crippen LogP contribution in [0.4, 0.5) is 0 Å². The predicted molar refractivity (Wildman–Crippen MR) is 95.6 cm³/mol. The Bertz CT molecular complexity index is 858. The minimum absolute atomic E-state index is 0.344. The molecule has 0 bridgehead atoms. The standard InChI is InChI=1S/C21H20O3/c1-14-7-5-8-15(2)18(14)13-20(21(22)23)24-19-12-6-10-16-9-3-4-11-17(16)19/h3-12,20H,13H2,1-2H3,(H,22,23)/t20-/m0/s1. The highest BCUT2D eigenvalue weighted by molar-refractivity contribution is 5.88. The smallest absolute Gasteiger partial charge is 0.345 e. The lowest BCUT2D eigenvalue weighted by Gasteiger charge is -2.19. The molecule has 3 nitrogen and oxygen atoms in total. The monoisotopic (exact) mass is 320 g/mol. The van der Waals surface area contributed by atoms with Gasteiger partial charge in [0.05, 0.1) is 0 Å². The number of carbonyl (C=O) groups is 1. The number of rotatable bonds is 5. The van der Waals surface area contributed by atoms with Crippen molar-refractivity contribution in [3.05, 3.63) is 77.4 Å². The molecule has 0 unspecified atom stereocenters. The summed E-state index contributed by atoms with van der Waals surface area (Å²) in [7, 11) is 0. The molecule has 0 heterocycles. The summed E-state index contributed by atoms with van der Waals surface area (Å²) in [6.07, 6.45) is -0.576. The molecule has 0 amide bonds. The zero-order chi connectivity index (χ0) is 17.1. The highest BCUT2D eigenvalue weighted by Crippen LogP contribution is 2.27. The minimum atomic E-state index is -0.953. The van der Waals surface area contributed by atoms with Gasteiger partial charge in [0, 0.05) is 11.8 Å². The number of benzene rings is 3. The quantitative estimate of drug-likeness (QED) is 0.751. The summed E-state index contributed by atoms with van der Waals surface area (Å²) in [6.45, 7) is 4.00. The van der Waals surface area contributed by atoms with Crippen molar-refractivity contribution in [2.24, 2.45) is 0 Å². The first-order chi connectivity index (χ1) is 11.6. The van der Waals surface area contributed by atoms with Gasteiger partial charge in [-0.3, -0.25) is 0 Å². The number of carboxylic acid groups (broad SMARTS) is 1. The number of aliphatic carboxylic acids is 1. The van der Waals surface area contributed by atoms with E-state index in [0.717, 1.165) is 27.5 Å². The van der Waals surface area contributed by atoms with Crippen LogP contribution in [0, 0.1) is 13.8 Å². The third kappa shape index (κ3) is 3.25. The molecule has 122 valence electrons. The van der Waals surface area contributed by atoms with Gasteiger partial charge < -0.3 is 9.84 Å². The third-order valence-electron chi connectivity index (χ3n) is 4.33. The molecule has 3 aromatic carbocycles. The van der Waals surface area contributed by atoms with Gasteiger partial charge in [-0.1, -0.05) is 54.6 Å². The van der Waals surface area contributed by atoms with E-state index in [1.807, 2.05) is 74.5 Å². The summed E-state index contributed by atoms with van der Waals surface area (Å²) >= 11 is 0. The van der Waals surface area contributed by atoms with Crippen molar-refractivity contribution < 1.29 is 14.6 Å². The molecule has 0 spiro atoms. The van der Waals surface area contributed by atoms with Crippen LogP contribution in [0.3, 0.4) is 0 Å². The molecule has 0 fully saturated rings. The second-order valence-electron chi connectivity index (χ2n) is 6.00. The molecule has 1 N–H and O–H groups in total. The van der Waals surface area contributed by atoms with Crippen LogP contribution in [0.15, 0.2) is 60.7 Å². The Morgan fingerprint density at radius 2 is 1.58 bits per heavy atom. The molecule has 3 heteroatoms. The fraction of sp³-hybridized carbons (Fsp3) is 0.190. The van der Waals surface area contributed by atoms with Crippen LogP contribution in [0.1, 0.15) is 16.7 Å². The third-order valence-corrected chi connectivity index (χ3v) is 4.33. The van der Waals surface area contributed by atoms with Gasteiger partial charge in [0.2, 0.25) is 0 Å². The molecule has 3 aromatic rings. The van der Waals surface area contributed by atoms with Gasteiger partial charge in [0.1, 0.15) is 5.75 Å². The molecule has 0 saturated carbocycles. The van der Waals surface area contributed by atoms with Crippen LogP contribution in [-0.4, -0.2) is 17.2 Å². The number of hydrogen-bond acceptors (Lipinski definition) is 2. The number of carboxylic acids is 1. The summed E-state index contributed by atoms with van der Waals surface area (Å²) in [5.74, 6) is -0.350. The summed E-state index contributed by atoms with van der Waals surface area (Å²) < 4.78 is 5.90. The normalized spacial score (nSPS) is 12.1. The van der Waals surface area contributed by atoms with Gasteiger partial charge in [-0.2, -0.15) is 0 Å². The Kier molecular flexibility index (Phi) is 4.52. The molecule has 1 atom stereocenters. The van der Waals surface area contributed by atoms with E-state index in [0.29, 0.717) is 12.2 Å². The number of hydrogen-bond donors (Lipinski definition) is 1. The second-order valence-corrected chi connectivity index (χ2v) is 6.00. The van der Waals surface area contributed by atoms with E-state index in [-0.39, 0.29) is 0 Å². The predicted octanol–water partition coefficient (Wildman–Crippen LogP) is 4.53. The van der Waals surface area contributed by atoms with Gasteiger partial charge >= 0.3 is 5.97 Å². The maximum Gasteiger partial charge on any atom is 0.345 e. The van der Waals surface area contributed by atoms with Crippen LogP contribution >= 0.6 is 0 Å². The average molecular weight is 320 g/mol. The highest BCUT2D eigenvalue weighted by Gasteiger charge is 2.22. The van der Waals surface area contributed by atoms with E-state index in [4.69, 9.17) is 4.74 Å². The van der Waals surface area contributed by atoms with Gasteiger partial charge in [-0.15, -0.1) is 0 Å². The lowest BCUT2D eigenvalue weighted by molar-refractivity contribution is -0.144. The highest BCUT2D eigenvalue weighted by atomic mass is 16.5.